The van der Waals surface area contributed by atoms with Crippen molar-refractivity contribution in [3.63, 3.8) is 0 Å². The Hall–Kier alpha value is -0.250. The molecule has 0 aliphatic carbocycles. The van der Waals surface area contributed by atoms with Crippen LogP contribution in [0.4, 0.5) is 13.3 Å². The third-order valence-electron chi connectivity index (χ3n) is 1.44. The number of piperidine rings is 1. The molecule has 1 nitrogen and oxygen atoms in total. The van der Waals surface area contributed by atoms with Gasteiger partial charge in [-0.2, -0.15) is 8.78 Å². The smallest absolute Gasteiger partial charge is 0.186 e. The molecule has 1 heterocycles. The fourth-order valence-electron chi connectivity index (χ4n) is 0.873. The first kappa shape index (κ1) is 6.86. The molecule has 4 heteroatoms. The van der Waals surface area contributed by atoms with Gasteiger partial charge < -0.3 is 0 Å². The minimum absolute atomic E-state index is 0.132. The lowest BCUT2D eigenvalue weighted by Crippen LogP contribution is -2.39. The summed E-state index contributed by atoms with van der Waals surface area (Å²) in [5, 5.41) is -0.378. The normalized spacial score (nSPS) is 28.3. The molecular weight excluding hydrogens is 131 g/mol. The highest BCUT2D eigenvalue weighted by Crippen LogP contribution is 2.30. The van der Waals surface area contributed by atoms with E-state index in [0.29, 0.717) is 12.8 Å². The van der Waals surface area contributed by atoms with E-state index in [1.807, 2.05) is 0 Å². The molecule has 0 amide bonds. The molecule has 1 rings (SSSR count). The molecule has 1 fully saturated rings. The Labute approximate surface area is 51.4 Å². The van der Waals surface area contributed by atoms with Gasteiger partial charge in [-0.15, -0.1) is 4.48 Å². The summed E-state index contributed by atoms with van der Waals surface area (Å²) in [6.45, 7) is -0.132. The SMILES string of the molecule is FN1CCCCC1(F)F. The van der Waals surface area contributed by atoms with Crippen molar-refractivity contribution in [2.45, 2.75) is 25.3 Å². The van der Waals surface area contributed by atoms with Gasteiger partial charge in [0, 0.05) is 13.0 Å². The summed E-state index contributed by atoms with van der Waals surface area (Å²) in [6.07, 6.45) is 0.614. The molecule has 0 aromatic rings. The molecular formula is C5H8F3N. The second-order valence-corrected chi connectivity index (χ2v) is 2.21. The van der Waals surface area contributed by atoms with Crippen LogP contribution in [-0.4, -0.2) is 17.7 Å². The summed E-state index contributed by atoms with van der Waals surface area (Å²) in [5.74, 6) is 0. The van der Waals surface area contributed by atoms with Crippen LogP contribution >= 0.6 is 0 Å². The van der Waals surface area contributed by atoms with E-state index in [1.54, 1.807) is 0 Å². The molecule has 0 atom stereocenters. The second-order valence-electron chi connectivity index (χ2n) is 2.21. The van der Waals surface area contributed by atoms with Gasteiger partial charge in [0.25, 0.3) is 0 Å². The van der Waals surface area contributed by atoms with Crippen LogP contribution in [-0.2, 0) is 0 Å². The van der Waals surface area contributed by atoms with Crippen LogP contribution in [0.15, 0.2) is 0 Å². The molecule has 0 saturated carbocycles. The van der Waals surface area contributed by atoms with Gasteiger partial charge in [0.15, 0.2) is 0 Å². The molecule has 0 aromatic carbocycles. The molecule has 0 spiro atoms. The molecule has 0 N–H and O–H groups in total. The standard InChI is InChI=1S/C5H8F3N/c6-5(7)3-1-2-4-9(5)8/h1-4H2. The van der Waals surface area contributed by atoms with E-state index in [0.717, 1.165) is 0 Å². The molecule has 1 aliphatic heterocycles. The number of nitrogens with zero attached hydrogens (tertiary/aromatic N) is 1. The number of halogens is 3. The van der Waals surface area contributed by atoms with Crippen molar-refractivity contribution >= 4 is 0 Å². The topological polar surface area (TPSA) is 3.24 Å². The zero-order chi connectivity index (χ0) is 6.91. The van der Waals surface area contributed by atoms with Crippen LogP contribution in [0.25, 0.3) is 0 Å². The Kier molecular flexibility index (Phi) is 1.66. The van der Waals surface area contributed by atoms with Gasteiger partial charge in [0.1, 0.15) is 0 Å². The third-order valence-corrected chi connectivity index (χ3v) is 1.44. The first-order valence-corrected chi connectivity index (χ1v) is 2.94. The molecule has 1 aliphatic rings. The Morgan fingerprint density at radius 3 is 2.22 bits per heavy atom. The first-order valence-electron chi connectivity index (χ1n) is 2.94. The van der Waals surface area contributed by atoms with Crippen molar-refractivity contribution in [1.82, 2.24) is 5.12 Å². The van der Waals surface area contributed by atoms with Gasteiger partial charge in [-0.3, -0.25) is 0 Å². The van der Waals surface area contributed by atoms with E-state index >= 15 is 0 Å². The van der Waals surface area contributed by atoms with Gasteiger partial charge in [0.05, 0.1) is 0 Å². The Balaban J connectivity index is 2.49. The van der Waals surface area contributed by atoms with Crippen LogP contribution in [0.1, 0.15) is 19.3 Å². The molecule has 54 valence electrons. The summed E-state index contributed by atoms with van der Waals surface area (Å²) in [4.78, 5) is 0. The minimum Gasteiger partial charge on any atom is -0.186 e. The minimum atomic E-state index is -3.20. The molecule has 0 aromatic heterocycles. The number of alkyl halides is 2. The zero-order valence-electron chi connectivity index (χ0n) is 4.91. The van der Waals surface area contributed by atoms with Crippen LogP contribution in [0.3, 0.4) is 0 Å². The first-order chi connectivity index (χ1) is 4.13. The monoisotopic (exact) mass is 139 g/mol. The number of hydrogen-bond donors (Lipinski definition) is 0. The fraction of sp³-hybridized carbons (Fsp3) is 1.00. The van der Waals surface area contributed by atoms with E-state index < -0.39 is 6.05 Å². The maximum atomic E-state index is 12.1. The zero-order valence-corrected chi connectivity index (χ0v) is 4.91. The van der Waals surface area contributed by atoms with Gasteiger partial charge in [0.2, 0.25) is 0 Å². The van der Waals surface area contributed by atoms with Crippen molar-refractivity contribution in [3.8, 4) is 0 Å². The Bertz CT molecular complexity index is 104. The van der Waals surface area contributed by atoms with Gasteiger partial charge in [-0.05, 0) is 12.8 Å². The summed E-state index contributed by atoms with van der Waals surface area (Å²) >= 11 is 0. The Morgan fingerprint density at radius 2 is 1.89 bits per heavy atom. The van der Waals surface area contributed by atoms with E-state index in [-0.39, 0.29) is 18.1 Å². The fourth-order valence-corrected chi connectivity index (χ4v) is 0.873. The molecule has 0 bridgehead atoms. The van der Waals surface area contributed by atoms with Crippen molar-refractivity contribution in [3.05, 3.63) is 0 Å². The predicted octanol–water partition coefficient (Wildman–Crippen LogP) is 1.95. The lowest BCUT2D eigenvalue weighted by Gasteiger charge is -2.26. The van der Waals surface area contributed by atoms with Gasteiger partial charge in [-0.25, -0.2) is 0 Å². The average Bonchev–Trinajstić information content (AvgIpc) is 1.77. The lowest BCUT2D eigenvalue weighted by atomic mass is 10.1. The summed E-state index contributed by atoms with van der Waals surface area (Å²) in [5.41, 5.74) is 0. The quantitative estimate of drug-likeness (QED) is 0.366. The largest absolute Gasteiger partial charge is 0.329 e. The molecule has 0 unspecified atom stereocenters. The second kappa shape index (κ2) is 2.17. The van der Waals surface area contributed by atoms with Gasteiger partial charge in [-0.1, -0.05) is 5.12 Å². The van der Waals surface area contributed by atoms with E-state index in [2.05, 4.69) is 0 Å². The number of rotatable bonds is 0. The summed E-state index contributed by atoms with van der Waals surface area (Å²) in [6, 6.07) is -3.20. The highest BCUT2D eigenvalue weighted by atomic mass is 19.3. The predicted molar refractivity (Wildman–Crippen MR) is 26.6 cm³/mol. The van der Waals surface area contributed by atoms with Gasteiger partial charge >= 0.3 is 6.05 Å². The van der Waals surface area contributed by atoms with E-state index in [1.165, 1.54) is 0 Å². The van der Waals surface area contributed by atoms with E-state index in [4.69, 9.17) is 0 Å². The van der Waals surface area contributed by atoms with Crippen molar-refractivity contribution in [2.75, 3.05) is 6.54 Å². The maximum Gasteiger partial charge on any atom is 0.329 e. The van der Waals surface area contributed by atoms with Crippen molar-refractivity contribution < 1.29 is 13.3 Å². The van der Waals surface area contributed by atoms with Crippen LogP contribution < -0.4 is 0 Å². The molecule has 1 saturated heterocycles. The third kappa shape index (κ3) is 1.36. The highest BCUT2D eigenvalue weighted by molar-refractivity contribution is 4.68. The van der Waals surface area contributed by atoms with Crippen LogP contribution in [0.5, 0.6) is 0 Å². The van der Waals surface area contributed by atoms with Crippen LogP contribution in [0, 0.1) is 0 Å². The van der Waals surface area contributed by atoms with E-state index in [9.17, 15) is 13.3 Å². The molecule has 0 radical (unpaired) electrons. The van der Waals surface area contributed by atoms with Crippen molar-refractivity contribution in [1.29, 1.82) is 0 Å². The average molecular weight is 139 g/mol. The Morgan fingerprint density at radius 1 is 1.22 bits per heavy atom. The highest BCUT2D eigenvalue weighted by Gasteiger charge is 2.39. The summed E-state index contributed by atoms with van der Waals surface area (Å²) < 4.78 is 36.3. The van der Waals surface area contributed by atoms with Crippen LogP contribution in [0.2, 0.25) is 0 Å². The molecule has 9 heavy (non-hydrogen) atoms. The maximum absolute atomic E-state index is 12.1. The lowest BCUT2D eigenvalue weighted by molar-refractivity contribution is -0.252. The number of hydrogen-bond acceptors (Lipinski definition) is 1. The van der Waals surface area contributed by atoms with Crippen molar-refractivity contribution in [2.24, 2.45) is 0 Å². The summed E-state index contributed by atoms with van der Waals surface area (Å²) in [7, 11) is 0.